The highest BCUT2D eigenvalue weighted by atomic mass is 32.2. The predicted molar refractivity (Wildman–Crippen MR) is 134 cm³/mol. The number of amides is 1. The number of carbonyl (C=O) groups is 1. The van der Waals surface area contributed by atoms with Crippen LogP contribution in [0.2, 0.25) is 0 Å². The van der Waals surface area contributed by atoms with Gasteiger partial charge in [0, 0.05) is 24.2 Å². The number of nitrogens with zero attached hydrogens (tertiary/aromatic N) is 1. The minimum atomic E-state index is -3.86. The van der Waals surface area contributed by atoms with E-state index in [1.807, 2.05) is 42.6 Å². The molecule has 0 aliphatic heterocycles. The standard InChI is InChI=1S/C26H20N2O3S2/c29-24(27-33(30,31)25-9-4-16-32-25)13-12-21-7-3-8-22-14-15-28(26(21)22)18-19-10-11-20-5-1-2-6-23(20)17-19/h1-17H,18H2,(H,27,29)/b13-12+. The Labute approximate surface area is 195 Å². The largest absolute Gasteiger partial charge is 0.343 e. The van der Waals surface area contributed by atoms with E-state index in [4.69, 9.17) is 0 Å². The summed E-state index contributed by atoms with van der Waals surface area (Å²) in [6.07, 6.45) is 4.93. The molecule has 1 N–H and O–H groups in total. The number of carbonyl (C=O) groups excluding carboxylic acids is 1. The summed E-state index contributed by atoms with van der Waals surface area (Å²) in [4.78, 5) is 12.3. The summed E-state index contributed by atoms with van der Waals surface area (Å²) in [6.45, 7) is 0.679. The van der Waals surface area contributed by atoms with E-state index in [0.717, 1.165) is 27.8 Å². The average Bonchev–Trinajstić information content (AvgIpc) is 3.49. The van der Waals surface area contributed by atoms with Gasteiger partial charge in [0.05, 0.1) is 5.52 Å². The molecule has 0 bridgehead atoms. The molecule has 2 aromatic heterocycles. The Morgan fingerprint density at radius 3 is 2.55 bits per heavy atom. The lowest BCUT2D eigenvalue weighted by Gasteiger charge is -2.09. The van der Waals surface area contributed by atoms with Crippen molar-refractivity contribution in [2.75, 3.05) is 0 Å². The maximum absolute atomic E-state index is 12.3. The molecule has 0 unspecified atom stereocenters. The lowest BCUT2D eigenvalue weighted by atomic mass is 10.1. The molecule has 0 spiro atoms. The molecule has 7 heteroatoms. The Bertz CT molecular complexity index is 1600. The van der Waals surface area contributed by atoms with E-state index >= 15 is 0 Å². The van der Waals surface area contributed by atoms with Gasteiger partial charge in [0.2, 0.25) is 0 Å². The average molecular weight is 473 g/mol. The van der Waals surface area contributed by atoms with Crippen molar-refractivity contribution in [2.24, 2.45) is 0 Å². The van der Waals surface area contributed by atoms with E-state index < -0.39 is 15.9 Å². The van der Waals surface area contributed by atoms with Gasteiger partial charge in [-0.15, -0.1) is 11.3 Å². The summed E-state index contributed by atoms with van der Waals surface area (Å²) in [5.41, 5.74) is 2.99. The first-order chi connectivity index (χ1) is 16.0. The smallest absolute Gasteiger partial charge is 0.273 e. The van der Waals surface area contributed by atoms with Gasteiger partial charge in [0.25, 0.3) is 15.9 Å². The molecular weight excluding hydrogens is 452 g/mol. The van der Waals surface area contributed by atoms with Crippen LogP contribution >= 0.6 is 11.3 Å². The van der Waals surface area contributed by atoms with Crippen LogP contribution in [0.1, 0.15) is 11.1 Å². The third kappa shape index (κ3) is 4.46. The highest BCUT2D eigenvalue weighted by molar-refractivity contribution is 7.92. The lowest BCUT2D eigenvalue weighted by molar-refractivity contribution is -0.114. The van der Waals surface area contributed by atoms with Crippen LogP contribution in [0.5, 0.6) is 0 Å². The molecule has 0 aliphatic carbocycles. The zero-order valence-corrected chi connectivity index (χ0v) is 19.1. The molecule has 5 rings (SSSR count). The van der Waals surface area contributed by atoms with Gasteiger partial charge in [-0.25, -0.2) is 13.1 Å². The van der Waals surface area contributed by atoms with Gasteiger partial charge in [-0.1, -0.05) is 60.7 Å². The van der Waals surface area contributed by atoms with Crippen molar-refractivity contribution in [3.05, 3.63) is 108 Å². The predicted octanol–water partition coefficient (Wildman–Crippen LogP) is 5.42. The summed E-state index contributed by atoms with van der Waals surface area (Å²) in [6, 6.07) is 25.7. The number of para-hydroxylation sites is 1. The molecule has 0 saturated carbocycles. The minimum Gasteiger partial charge on any atom is -0.343 e. The molecule has 0 fully saturated rings. The number of fused-ring (bicyclic) bond motifs is 2. The maximum Gasteiger partial charge on any atom is 0.273 e. The topological polar surface area (TPSA) is 68.2 Å². The number of hydrogen-bond acceptors (Lipinski definition) is 4. The van der Waals surface area contributed by atoms with Crippen LogP contribution in [-0.4, -0.2) is 18.9 Å². The first kappa shape index (κ1) is 21.2. The summed E-state index contributed by atoms with van der Waals surface area (Å²) < 4.78 is 28.9. The van der Waals surface area contributed by atoms with Crippen LogP contribution in [-0.2, 0) is 21.4 Å². The van der Waals surface area contributed by atoms with Gasteiger partial charge in [0.15, 0.2) is 0 Å². The fourth-order valence-electron chi connectivity index (χ4n) is 3.89. The van der Waals surface area contributed by atoms with Gasteiger partial charge in [-0.2, -0.15) is 0 Å². The zero-order chi connectivity index (χ0) is 22.8. The van der Waals surface area contributed by atoms with E-state index in [-0.39, 0.29) is 4.21 Å². The Hall–Kier alpha value is -3.68. The number of sulfonamides is 1. The van der Waals surface area contributed by atoms with E-state index in [1.165, 1.54) is 28.5 Å². The molecule has 33 heavy (non-hydrogen) atoms. The highest BCUT2D eigenvalue weighted by Gasteiger charge is 2.17. The Morgan fingerprint density at radius 1 is 0.909 bits per heavy atom. The van der Waals surface area contributed by atoms with Crippen LogP contribution in [0, 0.1) is 0 Å². The number of hydrogen-bond donors (Lipinski definition) is 1. The van der Waals surface area contributed by atoms with Crippen LogP contribution < -0.4 is 4.72 Å². The molecule has 0 radical (unpaired) electrons. The monoisotopic (exact) mass is 472 g/mol. The Balaban J connectivity index is 1.42. The molecule has 0 saturated heterocycles. The summed E-state index contributed by atoms with van der Waals surface area (Å²) in [5.74, 6) is -0.687. The number of thiophene rings is 1. The number of rotatable bonds is 6. The van der Waals surface area contributed by atoms with Crippen molar-refractivity contribution >= 4 is 55.0 Å². The first-order valence-electron chi connectivity index (χ1n) is 10.3. The van der Waals surface area contributed by atoms with Crippen molar-refractivity contribution in [2.45, 2.75) is 10.8 Å². The fourth-order valence-corrected chi connectivity index (χ4v) is 5.83. The molecule has 3 aromatic carbocycles. The summed E-state index contributed by atoms with van der Waals surface area (Å²) >= 11 is 1.06. The second-order valence-electron chi connectivity index (χ2n) is 7.65. The SMILES string of the molecule is O=C(/C=C/c1cccc2ccn(Cc3ccc4ccccc4c3)c12)NS(=O)(=O)c1cccs1. The van der Waals surface area contributed by atoms with Gasteiger partial charge in [-0.3, -0.25) is 4.79 Å². The van der Waals surface area contributed by atoms with Crippen LogP contribution in [0.25, 0.3) is 27.8 Å². The highest BCUT2D eigenvalue weighted by Crippen LogP contribution is 2.24. The third-order valence-electron chi connectivity index (χ3n) is 5.40. The number of nitrogens with one attached hydrogen (secondary N) is 1. The number of benzene rings is 3. The quantitative estimate of drug-likeness (QED) is 0.336. The Morgan fingerprint density at radius 2 is 1.73 bits per heavy atom. The van der Waals surface area contributed by atoms with E-state index in [0.29, 0.717) is 6.54 Å². The lowest BCUT2D eigenvalue weighted by Crippen LogP contribution is -2.28. The van der Waals surface area contributed by atoms with Crippen molar-refractivity contribution in [3.63, 3.8) is 0 Å². The number of aromatic nitrogens is 1. The van der Waals surface area contributed by atoms with Crippen molar-refractivity contribution in [1.29, 1.82) is 0 Å². The van der Waals surface area contributed by atoms with Crippen LogP contribution in [0.15, 0.2) is 101 Å². The minimum absolute atomic E-state index is 0.107. The normalized spacial score (nSPS) is 12.0. The molecule has 1 amide bonds. The molecule has 2 heterocycles. The van der Waals surface area contributed by atoms with E-state index in [1.54, 1.807) is 17.5 Å². The van der Waals surface area contributed by atoms with Crippen LogP contribution in [0.3, 0.4) is 0 Å². The van der Waals surface area contributed by atoms with Crippen molar-refractivity contribution < 1.29 is 13.2 Å². The molecule has 164 valence electrons. The first-order valence-corrected chi connectivity index (χ1v) is 12.7. The van der Waals surface area contributed by atoms with Crippen molar-refractivity contribution in [1.82, 2.24) is 9.29 Å². The van der Waals surface area contributed by atoms with E-state index in [9.17, 15) is 13.2 Å². The summed E-state index contributed by atoms with van der Waals surface area (Å²) in [5, 5.41) is 5.09. The van der Waals surface area contributed by atoms with Gasteiger partial charge >= 0.3 is 0 Å². The Kier molecular flexibility index (Phi) is 5.58. The molecule has 0 aliphatic rings. The van der Waals surface area contributed by atoms with Gasteiger partial charge in [-0.05, 0) is 51.6 Å². The van der Waals surface area contributed by atoms with Gasteiger partial charge < -0.3 is 4.57 Å². The van der Waals surface area contributed by atoms with Crippen LogP contribution in [0.4, 0.5) is 0 Å². The van der Waals surface area contributed by atoms with E-state index in [2.05, 4.69) is 39.6 Å². The zero-order valence-electron chi connectivity index (χ0n) is 17.5. The molecular formula is C26H20N2O3S2. The summed E-state index contributed by atoms with van der Waals surface area (Å²) in [7, 11) is -3.86. The molecule has 5 aromatic rings. The second-order valence-corrected chi connectivity index (χ2v) is 10.5. The molecule has 5 nitrogen and oxygen atoms in total. The second kappa shape index (κ2) is 8.69. The van der Waals surface area contributed by atoms with Crippen molar-refractivity contribution in [3.8, 4) is 0 Å². The van der Waals surface area contributed by atoms with Gasteiger partial charge in [0.1, 0.15) is 4.21 Å². The third-order valence-corrected chi connectivity index (χ3v) is 8.14. The maximum atomic E-state index is 12.3. The molecule has 0 atom stereocenters. The fraction of sp³-hybridized carbons (Fsp3) is 0.0385.